The molecule has 0 radical (unpaired) electrons. The fourth-order valence-electron chi connectivity index (χ4n) is 3.93. The monoisotopic (exact) mass is 362 g/mol. The highest BCUT2D eigenvalue weighted by Crippen LogP contribution is 2.33. The van der Waals surface area contributed by atoms with Crippen molar-refractivity contribution in [2.45, 2.75) is 32.4 Å². The third-order valence-corrected chi connectivity index (χ3v) is 5.22. The Morgan fingerprint density at radius 3 is 2.74 bits per heavy atom. The molecule has 1 saturated heterocycles. The summed E-state index contributed by atoms with van der Waals surface area (Å²) >= 11 is 0. The van der Waals surface area contributed by atoms with E-state index in [0.29, 0.717) is 5.82 Å². The topological polar surface area (TPSA) is 52.2 Å². The van der Waals surface area contributed by atoms with Crippen LogP contribution in [0.1, 0.15) is 46.2 Å². The van der Waals surface area contributed by atoms with Gasteiger partial charge in [0.25, 0.3) is 5.91 Å². The summed E-state index contributed by atoms with van der Waals surface area (Å²) in [5.74, 6) is 0.426. The molecule has 1 N–H and O–H groups in total. The molecule has 4 rings (SSSR count). The normalized spacial score (nSPS) is 17.2. The number of hydrogen-bond acceptors (Lipinski definition) is 3. The summed E-state index contributed by atoms with van der Waals surface area (Å²) in [7, 11) is 4.14. The number of aromatic amines is 1. The molecule has 3 aromatic rings. The fourth-order valence-corrected chi connectivity index (χ4v) is 3.93. The molecule has 2 aromatic carbocycles. The third-order valence-electron chi connectivity index (χ3n) is 5.22. The second-order valence-electron chi connectivity index (χ2n) is 7.74. The molecule has 2 heterocycles. The number of imidazole rings is 1. The number of likely N-dealkylation sites (tertiary alicyclic amines) is 1. The summed E-state index contributed by atoms with van der Waals surface area (Å²) in [5, 5.41) is 0. The van der Waals surface area contributed by atoms with Gasteiger partial charge in [0.1, 0.15) is 0 Å². The van der Waals surface area contributed by atoms with Gasteiger partial charge in [-0.3, -0.25) is 4.79 Å². The number of nitrogens with zero attached hydrogens (tertiary/aromatic N) is 3. The summed E-state index contributed by atoms with van der Waals surface area (Å²) < 4.78 is 0. The first-order chi connectivity index (χ1) is 13.0. The van der Waals surface area contributed by atoms with Crippen LogP contribution in [0.2, 0.25) is 0 Å². The van der Waals surface area contributed by atoms with Gasteiger partial charge in [-0.05, 0) is 62.7 Å². The van der Waals surface area contributed by atoms with Crippen molar-refractivity contribution in [3.8, 4) is 0 Å². The first kappa shape index (κ1) is 17.7. The Labute approximate surface area is 160 Å². The Balaban J connectivity index is 1.57. The van der Waals surface area contributed by atoms with Gasteiger partial charge in [-0.1, -0.05) is 30.3 Å². The first-order valence-corrected chi connectivity index (χ1v) is 9.52. The van der Waals surface area contributed by atoms with Gasteiger partial charge in [0.05, 0.1) is 17.1 Å². The van der Waals surface area contributed by atoms with Gasteiger partial charge in [0, 0.05) is 13.1 Å². The predicted molar refractivity (Wildman–Crippen MR) is 108 cm³/mol. The lowest BCUT2D eigenvalue weighted by atomic mass is 10.0. The molecule has 0 spiro atoms. The van der Waals surface area contributed by atoms with Crippen LogP contribution < -0.4 is 0 Å². The summed E-state index contributed by atoms with van der Waals surface area (Å²) in [4.78, 5) is 25.0. The van der Waals surface area contributed by atoms with Crippen molar-refractivity contribution in [1.29, 1.82) is 0 Å². The Kier molecular flexibility index (Phi) is 4.70. The van der Waals surface area contributed by atoms with E-state index in [-0.39, 0.29) is 11.9 Å². The van der Waals surface area contributed by atoms with E-state index in [9.17, 15) is 4.79 Å². The maximum absolute atomic E-state index is 13.1. The zero-order valence-electron chi connectivity index (χ0n) is 16.2. The number of hydrogen-bond donors (Lipinski definition) is 1. The summed E-state index contributed by atoms with van der Waals surface area (Å²) in [5.41, 5.74) is 5.40. The number of H-pyrrole nitrogens is 1. The lowest BCUT2D eigenvalue weighted by Crippen LogP contribution is -2.31. The van der Waals surface area contributed by atoms with E-state index < -0.39 is 0 Å². The Morgan fingerprint density at radius 2 is 2.00 bits per heavy atom. The van der Waals surface area contributed by atoms with Gasteiger partial charge < -0.3 is 14.8 Å². The van der Waals surface area contributed by atoms with Crippen molar-refractivity contribution in [3.63, 3.8) is 0 Å². The molecule has 1 aliphatic heterocycles. The maximum Gasteiger partial charge on any atom is 0.290 e. The van der Waals surface area contributed by atoms with E-state index in [0.717, 1.165) is 42.5 Å². The Bertz CT molecular complexity index is 958. The van der Waals surface area contributed by atoms with E-state index in [1.54, 1.807) is 0 Å². The second-order valence-corrected chi connectivity index (χ2v) is 7.74. The first-order valence-electron chi connectivity index (χ1n) is 9.52. The van der Waals surface area contributed by atoms with Crippen LogP contribution in [0.3, 0.4) is 0 Å². The van der Waals surface area contributed by atoms with Crippen molar-refractivity contribution in [1.82, 2.24) is 19.8 Å². The standard InChI is InChI=1S/C22H26N4O/c1-15-6-11-18-19(13-15)24-21(23-18)22(27)26-12-4-5-20(26)17-9-7-16(8-10-17)14-25(2)3/h6-11,13,20H,4-5,12,14H2,1-3H3,(H,23,24)/t20-/m0/s1. The smallest absolute Gasteiger partial charge is 0.290 e. The minimum absolute atomic E-state index is 0.0104. The number of nitrogens with one attached hydrogen (secondary N) is 1. The molecular formula is C22H26N4O. The van der Waals surface area contributed by atoms with E-state index >= 15 is 0 Å². The van der Waals surface area contributed by atoms with Gasteiger partial charge in [-0.15, -0.1) is 0 Å². The van der Waals surface area contributed by atoms with Crippen molar-refractivity contribution in [3.05, 3.63) is 65.0 Å². The third kappa shape index (κ3) is 3.60. The number of carbonyl (C=O) groups is 1. The van der Waals surface area contributed by atoms with E-state index in [1.165, 1.54) is 11.1 Å². The zero-order chi connectivity index (χ0) is 19.0. The van der Waals surface area contributed by atoms with Crippen LogP contribution in [-0.2, 0) is 6.54 Å². The van der Waals surface area contributed by atoms with E-state index in [4.69, 9.17) is 0 Å². The highest BCUT2D eigenvalue weighted by molar-refractivity contribution is 5.94. The van der Waals surface area contributed by atoms with Crippen molar-refractivity contribution in [2.24, 2.45) is 0 Å². The molecule has 1 amide bonds. The SMILES string of the molecule is Cc1ccc2nc(C(=O)N3CCC[C@H]3c3ccc(CN(C)C)cc3)[nH]c2c1. The molecule has 1 aromatic heterocycles. The average molecular weight is 362 g/mol. The number of rotatable bonds is 4. The number of carbonyl (C=O) groups excluding carboxylic acids is 1. The molecule has 1 fully saturated rings. The molecule has 0 saturated carbocycles. The van der Waals surface area contributed by atoms with E-state index in [1.807, 2.05) is 30.0 Å². The number of aryl methyl sites for hydroxylation is 1. The molecule has 27 heavy (non-hydrogen) atoms. The molecule has 0 aliphatic carbocycles. The summed E-state index contributed by atoms with van der Waals surface area (Å²) in [6.45, 7) is 3.74. The molecule has 5 heteroatoms. The minimum atomic E-state index is -0.0104. The van der Waals surface area contributed by atoms with Crippen LogP contribution >= 0.6 is 0 Å². The van der Waals surface area contributed by atoms with E-state index in [2.05, 4.69) is 53.2 Å². The van der Waals surface area contributed by atoms with Gasteiger partial charge >= 0.3 is 0 Å². The van der Waals surface area contributed by atoms with Gasteiger partial charge in [0.2, 0.25) is 0 Å². The number of fused-ring (bicyclic) bond motifs is 1. The minimum Gasteiger partial charge on any atom is -0.334 e. The molecular weight excluding hydrogens is 336 g/mol. The van der Waals surface area contributed by atoms with Crippen LogP contribution in [0.4, 0.5) is 0 Å². The van der Waals surface area contributed by atoms with Gasteiger partial charge in [-0.25, -0.2) is 4.98 Å². The molecule has 5 nitrogen and oxygen atoms in total. The van der Waals surface area contributed by atoms with Crippen molar-refractivity contribution < 1.29 is 4.79 Å². The quantitative estimate of drug-likeness (QED) is 0.766. The van der Waals surface area contributed by atoms with Crippen LogP contribution in [0.15, 0.2) is 42.5 Å². The molecule has 1 atom stereocenters. The number of benzene rings is 2. The van der Waals surface area contributed by atoms with Crippen LogP contribution in [0.25, 0.3) is 11.0 Å². The van der Waals surface area contributed by atoms with Crippen LogP contribution in [0, 0.1) is 6.92 Å². The van der Waals surface area contributed by atoms with Crippen LogP contribution in [0.5, 0.6) is 0 Å². The lowest BCUT2D eigenvalue weighted by molar-refractivity contribution is 0.0724. The maximum atomic E-state index is 13.1. The van der Waals surface area contributed by atoms with Gasteiger partial charge in [0.15, 0.2) is 5.82 Å². The molecule has 1 aliphatic rings. The molecule has 140 valence electrons. The second kappa shape index (κ2) is 7.16. The average Bonchev–Trinajstić information content (AvgIpc) is 3.27. The largest absolute Gasteiger partial charge is 0.334 e. The molecule has 0 unspecified atom stereocenters. The summed E-state index contributed by atoms with van der Waals surface area (Å²) in [6, 6.07) is 14.8. The van der Waals surface area contributed by atoms with Crippen LogP contribution in [-0.4, -0.2) is 46.3 Å². The Hall–Kier alpha value is -2.66. The van der Waals surface area contributed by atoms with Crippen molar-refractivity contribution >= 4 is 16.9 Å². The highest BCUT2D eigenvalue weighted by atomic mass is 16.2. The molecule has 0 bridgehead atoms. The zero-order valence-corrected chi connectivity index (χ0v) is 16.2. The highest BCUT2D eigenvalue weighted by Gasteiger charge is 2.32. The number of amides is 1. The lowest BCUT2D eigenvalue weighted by Gasteiger charge is -2.24. The van der Waals surface area contributed by atoms with Gasteiger partial charge in [-0.2, -0.15) is 0 Å². The Morgan fingerprint density at radius 1 is 1.22 bits per heavy atom. The van der Waals surface area contributed by atoms with Crippen molar-refractivity contribution in [2.75, 3.05) is 20.6 Å². The number of aromatic nitrogens is 2. The summed E-state index contributed by atoms with van der Waals surface area (Å²) in [6.07, 6.45) is 2.02. The fraction of sp³-hybridized carbons (Fsp3) is 0.364. The predicted octanol–water partition coefficient (Wildman–Crippen LogP) is 3.91.